The van der Waals surface area contributed by atoms with Gasteiger partial charge in [-0.2, -0.15) is 0 Å². The lowest BCUT2D eigenvalue weighted by atomic mass is 10.1. The molecule has 0 aliphatic rings. The number of benzene rings is 1. The Bertz CT molecular complexity index is 503. The highest BCUT2D eigenvalue weighted by Gasteiger charge is 2.14. The van der Waals surface area contributed by atoms with Crippen molar-refractivity contribution in [1.29, 1.82) is 0 Å². The van der Waals surface area contributed by atoms with Gasteiger partial charge in [-0.1, -0.05) is 6.07 Å². The lowest BCUT2D eigenvalue weighted by molar-refractivity contribution is 0.0691. The molecule has 0 saturated heterocycles. The summed E-state index contributed by atoms with van der Waals surface area (Å²) < 4.78 is 21.8. The molecule has 0 spiro atoms. The lowest BCUT2D eigenvalue weighted by Crippen LogP contribution is -2.09. The molecule has 0 aliphatic heterocycles. The zero-order chi connectivity index (χ0) is 13.5. The Labute approximate surface area is 108 Å². The van der Waals surface area contributed by atoms with Gasteiger partial charge in [0.05, 0.1) is 5.56 Å². The second kappa shape index (κ2) is 6.65. The van der Waals surface area contributed by atoms with Crippen molar-refractivity contribution in [3.8, 4) is 0 Å². The molecule has 0 amide bonds. The maximum Gasteiger partial charge on any atom is 0.336 e. The number of aromatic carboxylic acids is 1. The molecule has 0 aliphatic carbocycles. The fourth-order valence-corrected chi connectivity index (χ4v) is 1.28. The summed E-state index contributed by atoms with van der Waals surface area (Å²) >= 11 is 3.57. The van der Waals surface area contributed by atoms with Crippen LogP contribution in [0, 0.1) is 5.82 Å². The van der Waals surface area contributed by atoms with Crippen molar-refractivity contribution >= 4 is 25.0 Å². The number of allylic oxidation sites excluding steroid dienone is 1. The van der Waals surface area contributed by atoms with Gasteiger partial charge >= 0.3 is 5.97 Å². The number of hydrogen-bond acceptors (Lipinski definition) is 5. The summed E-state index contributed by atoms with van der Waals surface area (Å²) in [6.45, 7) is -0.281. The molecule has 0 fully saturated rings. The average Bonchev–Trinajstić information content (AvgIpc) is 2.34. The van der Waals surface area contributed by atoms with Crippen LogP contribution in [0.3, 0.4) is 0 Å². The lowest BCUT2D eigenvalue weighted by Gasteiger charge is -2.09. The first-order valence-electron chi connectivity index (χ1n) is 4.83. The minimum Gasteiger partial charge on any atom is -0.478 e. The smallest absolute Gasteiger partial charge is 0.336 e. The van der Waals surface area contributed by atoms with Crippen LogP contribution in [-0.2, 0) is 11.3 Å². The molecule has 96 valence electrons. The van der Waals surface area contributed by atoms with E-state index < -0.39 is 11.8 Å². The van der Waals surface area contributed by atoms with Gasteiger partial charge in [0.25, 0.3) is 0 Å². The minimum absolute atomic E-state index is 0.0209. The Morgan fingerprint density at radius 1 is 1.61 bits per heavy atom. The summed E-state index contributed by atoms with van der Waals surface area (Å²) in [6.07, 6.45) is 2.59. The third-order valence-corrected chi connectivity index (χ3v) is 2.17. The molecule has 0 heterocycles. The standard InChI is InChI=1S/C11H11FN2O3S/c12-9-3-1-2-7(11(15)16)8(9)6-17-10(13)4-5-14-18/h1-5,18H,6,13H2,(H,15,16). The molecular weight excluding hydrogens is 259 g/mol. The zero-order valence-corrected chi connectivity index (χ0v) is 10.1. The molecule has 1 aromatic carbocycles. The molecule has 0 bridgehead atoms. The van der Waals surface area contributed by atoms with E-state index in [1.54, 1.807) is 0 Å². The van der Waals surface area contributed by atoms with Crippen molar-refractivity contribution in [1.82, 2.24) is 0 Å². The molecule has 0 radical (unpaired) electrons. The SMILES string of the molecule is NC(=CC=NS)OCc1c(F)cccc1C(=O)O. The van der Waals surface area contributed by atoms with Gasteiger partial charge in [0, 0.05) is 17.9 Å². The number of thiol groups is 1. The number of ether oxygens (including phenoxy) is 1. The number of halogens is 1. The third kappa shape index (κ3) is 3.77. The summed E-state index contributed by atoms with van der Waals surface area (Å²) in [5, 5.41) is 8.90. The Balaban J connectivity index is 2.87. The van der Waals surface area contributed by atoms with Crippen LogP contribution in [0.1, 0.15) is 15.9 Å². The highest BCUT2D eigenvalue weighted by Crippen LogP contribution is 2.15. The van der Waals surface area contributed by atoms with E-state index >= 15 is 0 Å². The van der Waals surface area contributed by atoms with Gasteiger partial charge in [-0.05, 0) is 24.9 Å². The fraction of sp³-hybridized carbons (Fsp3) is 0.0909. The number of rotatable bonds is 5. The minimum atomic E-state index is -1.23. The number of nitrogens with two attached hydrogens (primary N) is 1. The van der Waals surface area contributed by atoms with Gasteiger partial charge in [0.15, 0.2) is 5.88 Å². The van der Waals surface area contributed by atoms with Gasteiger partial charge in [-0.15, -0.1) is 0 Å². The molecule has 7 heteroatoms. The average molecular weight is 270 g/mol. The van der Waals surface area contributed by atoms with E-state index in [1.165, 1.54) is 24.4 Å². The van der Waals surface area contributed by atoms with E-state index in [9.17, 15) is 9.18 Å². The molecule has 18 heavy (non-hydrogen) atoms. The number of hydrogen-bond donors (Lipinski definition) is 3. The second-order valence-electron chi connectivity index (χ2n) is 3.19. The molecular formula is C11H11FN2O3S. The van der Waals surface area contributed by atoms with Gasteiger partial charge in [0.2, 0.25) is 0 Å². The molecule has 5 nitrogen and oxygen atoms in total. The van der Waals surface area contributed by atoms with Gasteiger partial charge in [-0.3, -0.25) is 0 Å². The number of carboxylic acids is 1. The van der Waals surface area contributed by atoms with Crippen LogP contribution in [0.25, 0.3) is 0 Å². The Hall–Kier alpha value is -2.02. The predicted molar refractivity (Wildman–Crippen MR) is 67.9 cm³/mol. The molecule has 0 atom stereocenters. The van der Waals surface area contributed by atoms with Crippen LogP contribution < -0.4 is 5.73 Å². The van der Waals surface area contributed by atoms with Crippen LogP contribution in [0.2, 0.25) is 0 Å². The fourth-order valence-electron chi connectivity index (χ4n) is 1.22. The first kappa shape index (κ1) is 14.0. The van der Waals surface area contributed by atoms with Crippen molar-refractivity contribution in [3.63, 3.8) is 0 Å². The second-order valence-corrected chi connectivity index (χ2v) is 3.42. The maximum atomic E-state index is 13.5. The number of carbonyl (C=O) groups is 1. The van der Waals surface area contributed by atoms with Crippen LogP contribution in [0.4, 0.5) is 4.39 Å². The van der Waals surface area contributed by atoms with E-state index in [0.29, 0.717) is 0 Å². The molecule has 1 rings (SSSR count). The predicted octanol–water partition coefficient (Wildman–Crippen LogP) is 1.76. The van der Waals surface area contributed by atoms with E-state index in [2.05, 4.69) is 17.2 Å². The highest BCUT2D eigenvalue weighted by atomic mass is 32.1. The van der Waals surface area contributed by atoms with Crippen molar-refractivity contribution in [3.05, 3.63) is 47.1 Å². The van der Waals surface area contributed by atoms with Crippen molar-refractivity contribution < 1.29 is 19.0 Å². The van der Waals surface area contributed by atoms with E-state index in [-0.39, 0.29) is 23.6 Å². The van der Waals surface area contributed by atoms with Crippen molar-refractivity contribution in [2.45, 2.75) is 6.61 Å². The zero-order valence-electron chi connectivity index (χ0n) is 9.21. The molecule has 0 unspecified atom stereocenters. The first-order chi connectivity index (χ1) is 8.56. The number of carboxylic acid groups (broad SMARTS) is 1. The van der Waals surface area contributed by atoms with Crippen LogP contribution in [-0.4, -0.2) is 17.3 Å². The van der Waals surface area contributed by atoms with Crippen molar-refractivity contribution in [2.24, 2.45) is 10.1 Å². The molecule has 3 N–H and O–H groups in total. The summed E-state index contributed by atoms with van der Waals surface area (Å²) in [5.41, 5.74) is 5.20. The van der Waals surface area contributed by atoms with E-state index in [1.807, 2.05) is 0 Å². The quantitative estimate of drug-likeness (QED) is 0.432. The van der Waals surface area contributed by atoms with Gasteiger partial charge < -0.3 is 15.6 Å². The molecule has 0 saturated carbocycles. The third-order valence-electron chi connectivity index (χ3n) is 2.04. The van der Waals surface area contributed by atoms with E-state index in [4.69, 9.17) is 15.6 Å². The van der Waals surface area contributed by atoms with Crippen molar-refractivity contribution in [2.75, 3.05) is 0 Å². The topological polar surface area (TPSA) is 84.9 Å². The van der Waals surface area contributed by atoms with Crippen LogP contribution >= 0.6 is 12.8 Å². The van der Waals surface area contributed by atoms with Crippen LogP contribution in [0.5, 0.6) is 0 Å². The largest absolute Gasteiger partial charge is 0.478 e. The number of nitrogens with zero attached hydrogens (tertiary/aromatic N) is 1. The Kier molecular flexibility index (Phi) is 5.19. The molecule has 0 aromatic heterocycles. The first-order valence-corrected chi connectivity index (χ1v) is 5.23. The monoisotopic (exact) mass is 270 g/mol. The molecule has 1 aromatic rings. The summed E-state index contributed by atoms with van der Waals surface area (Å²) in [7, 11) is 0. The highest BCUT2D eigenvalue weighted by molar-refractivity contribution is 7.78. The maximum absolute atomic E-state index is 13.5. The Morgan fingerprint density at radius 3 is 2.94 bits per heavy atom. The summed E-state index contributed by atoms with van der Waals surface area (Å²) in [4.78, 5) is 10.9. The summed E-state index contributed by atoms with van der Waals surface area (Å²) in [6, 6.07) is 3.76. The summed E-state index contributed by atoms with van der Waals surface area (Å²) in [5.74, 6) is -1.91. The normalized spacial score (nSPS) is 11.8. The van der Waals surface area contributed by atoms with Crippen LogP contribution in [0.15, 0.2) is 34.6 Å². The van der Waals surface area contributed by atoms with Gasteiger partial charge in [0.1, 0.15) is 12.4 Å². The van der Waals surface area contributed by atoms with Gasteiger partial charge in [-0.25, -0.2) is 13.6 Å². The van der Waals surface area contributed by atoms with E-state index in [0.717, 1.165) is 6.07 Å². The Morgan fingerprint density at radius 2 is 2.33 bits per heavy atom.